The molecule has 0 radical (unpaired) electrons. The summed E-state index contributed by atoms with van der Waals surface area (Å²) in [6, 6.07) is 13.1. The van der Waals surface area contributed by atoms with Crippen LogP contribution in [-0.2, 0) is 5.75 Å². The summed E-state index contributed by atoms with van der Waals surface area (Å²) >= 11 is 14.5. The minimum Gasteiger partial charge on any atom is -0.423 e. The first kappa shape index (κ1) is 21.3. The second kappa shape index (κ2) is 8.67. The molecule has 0 saturated carbocycles. The van der Waals surface area contributed by atoms with Crippen LogP contribution in [0.1, 0.15) is 36.5 Å². The van der Waals surface area contributed by atoms with Crippen LogP contribution >= 0.6 is 46.9 Å². The summed E-state index contributed by atoms with van der Waals surface area (Å²) in [5.74, 6) is 0.993. The van der Waals surface area contributed by atoms with Gasteiger partial charge in [-0.25, -0.2) is 9.48 Å². The number of benzene rings is 2. The molecule has 0 fully saturated rings. The van der Waals surface area contributed by atoms with Gasteiger partial charge in [0.25, 0.3) is 0 Å². The molecule has 0 aliphatic heterocycles. The minimum absolute atomic E-state index is 0.339. The van der Waals surface area contributed by atoms with E-state index in [2.05, 4.69) is 25.0 Å². The summed E-state index contributed by atoms with van der Waals surface area (Å²) < 4.78 is 8.69. The van der Waals surface area contributed by atoms with Crippen molar-refractivity contribution in [2.24, 2.45) is 0 Å². The molecule has 4 aromatic rings. The maximum absolute atomic E-state index is 12.1. The van der Waals surface area contributed by atoms with E-state index in [1.54, 1.807) is 22.5 Å². The van der Waals surface area contributed by atoms with Gasteiger partial charge in [-0.1, -0.05) is 48.5 Å². The molecule has 0 amide bonds. The van der Waals surface area contributed by atoms with Gasteiger partial charge >= 0.3 is 5.63 Å². The summed E-state index contributed by atoms with van der Waals surface area (Å²) in [5.41, 5.74) is 4.48. The van der Waals surface area contributed by atoms with E-state index in [0.717, 1.165) is 26.5 Å². The second-order valence-corrected chi connectivity index (χ2v) is 10.5. The molecule has 154 valence electrons. The van der Waals surface area contributed by atoms with Crippen molar-refractivity contribution in [2.45, 2.75) is 36.8 Å². The van der Waals surface area contributed by atoms with Crippen LogP contribution in [0.4, 0.5) is 0 Å². The molecule has 0 aliphatic carbocycles. The molecule has 8 heteroatoms. The largest absolute Gasteiger partial charge is 0.423 e. The Morgan fingerprint density at radius 2 is 1.97 bits per heavy atom. The lowest BCUT2D eigenvalue weighted by Gasteiger charge is -2.12. The monoisotopic (exact) mass is 474 g/mol. The van der Waals surface area contributed by atoms with E-state index in [-0.39, 0.29) is 5.63 Å². The van der Waals surface area contributed by atoms with Gasteiger partial charge in [0.2, 0.25) is 0 Å². The number of aromatic nitrogens is 2. The number of hydrogen-bond donors (Lipinski definition) is 0. The van der Waals surface area contributed by atoms with Gasteiger partial charge in [0.05, 0.1) is 5.69 Å². The van der Waals surface area contributed by atoms with Crippen LogP contribution in [0.5, 0.6) is 0 Å². The Bertz CT molecular complexity index is 1340. The lowest BCUT2D eigenvalue weighted by molar-refractivity contribution is 0.559. The average Bonchev–Trinajstić information content (AvgIpc) is 3.06. The van der Waals surface area contributed by atoms with Gasteiger partial charge in [-0.05, 0) is 78.1 Å². The lowest BCUT2D eigenvalue weighted by atomic mass is 9.95. The Hall–Kier alpha value is -1.93. The van der Waals surface area contributed by atoms with Gasteiger partial charge in [-0.2, -0.15) is 0 Å². The molecule has 4 nitrogen and oxygen atoms in total. The van der Waals surface area contributed by atoms with Crippen molar-refractivity contribution in [3.8, 4) is 5.69 Å². The number of rotatable bonds is 5. The number of aryl methyl sites for hydroxylation is 1. The molecule has 0 atom stereocenters. The van der Waals surface area contributed by atoms with Gasteiger partial charge in [-0.3, -0.25) is 0 Å². The third-order valence-corrected chi connectivity index (χ3v) is 7.46. The van der Waals surface area contributed by atoms with Crippen LogP contribution in [0.2, 0.25) is 5.02 Å². The van der Waals surface area contributed by atoms with Crippen LogP contribution < -0.4 is 5.63 Å². The predicted octanol–water partition coefficient (Wildman–Crippen LogP) is 7.15. The van der Waals surface area contributed by atoms with Gasteiger partial charge < -0.3 is 4.42 Å². The summed E-state index contributed by atoms with van der Waals surface area (Å²) in [6.45, 7) is 6.38. The summed E-state index contributed by atoms with van der Waals surface area (Å²) in [7, 11) is 0. The Morgan fingerprint density at radius 1 is 1.23 bits per heavy atom. The fourth-order valence-corrected chi connectivity index (χ4v) is 5.82. The molecule has 0 aliphatic rings. The number of nitrogens with zero attached hydrogens (tertiary/aromatic N) is 2. The Morgan fingerprint density at radius 3 is 2.67 bits per heavy atom. The first-order chi connectivity index (χ1) is 14.3. The van der Waals surface area contributed by atoms with E-state index in [9.17, 15) is 4.79 Å². The smallest absolute Gasteiger partial charge is 0.336 e. The van der Waals surface area contributed by atoms with Crippen molar-refractivity contribution >= 4 is 57.9 Å². The number of halogens is 1. The van der Waals surface area contributed by atoms with Gasteiger partial charge in [0.15, 0.2) is 8.29 Å². The van der Waals surface area contributed by atoms with Crippen LogP contribution in [0.3, 0.4) is 0 Å². The van der Waals surface area contributed by atoms with E-state index >= 15 is 0 Å². The number of hydrogen-bond acceptors (Lipinski definition) is 6. The van der Waals surface area contributed by atoms with Gasteiger partial charge in [0, 0.05) is 22.2 Å². The molecule has 2 aromatic carbocycles. The van der Waals surface area contributed by atoms with Gasteiger partial charge in [0.1, 0.15) is 5.58 Å². The molecule has 0 unspecified atom stereocenters. The second-order valence-electron chi connectivity index (χ2n) is 7.26. The minimum atomic E-state index is -0.339. The molecule has 2 heterocycles. The van der Waals surface area contributed by atoms with E-state index < -0.39 is 0 Å². The maximum atomic E-state index is 12.1. The quantitative estimate of drug-likeness (QED) is 0.174. The molecule has 0 bridgehead atoms. The molecule has 4 rings (SSSR count). The maximum Gasteiger partial charge on any atom is 0.336 e. The van der Waals surface area contributed by atoms with Gasteiger partial charge in [-0.15, -0.1) is 5.10 Å². The van der Waals surface area contributed by atoms with Crippen LogP contribution in [0.15, 0.2) is 56.0 Å². The molecule has 0 N–H and O–H groups in total. The van der Waals surface area contributed by atoms with Crippen molar-refractivity contribution in [1.82, 2.24) is 9.78 Å². The zero-order valence-electron chi connectivity index (χ0n) is 16.6. The number of fused-ring (bicyclic) bond motifs is 1. The summed E-state index contributed by atoms with van der Waals surface area (Å²) in [5, 5.41) is 6.27. The van der Waals surface area contributed by atoms with E-state index in [4.69, 9.17) is 28.2 Å². The molecular weight excluding hydrogens is 456 g/mol. The third kappa shape index (κ3) is 4.39. The van der Waals surface area contributed by atoms with E-state index in [1.807, 2.05) is 37.3 Å². The van der Waals surface area contributed by atoms with Crippen molar-refractivity contribution in [2.75, 3.05) is 0 Å². The molecular formula is C22H19ClN2O2S3. The third-order valence-electron chi connectivity index (χ3n) is 4.79. The Balaban J connectivity index is 1.66. The first-order valence-corrected chi connectivity index (χ1v) is 12.0. The van der Waals surface area contributed by atoms with Crippen molar-refractivity contribution in [1.29, 1.82) is 0 Å². The normalized spacial score (nSPS) is 11.5. The predicted molar refractivity (Wildman–Crippen MR) is 128 cm³/mol. The first-order valence-electron chi connectivity index (χ1n) is 9.38. The van der Waals surface area contributed by atoms with Crippen molar-refractivity contribution in [3.05, 3.63) is 78.6 Å². The fraction of sp³-hybridized carbons (Fsp3) is 0.227. The Labute approximate surface area is 192 Å². The highest BCUT2D eigenvalue weighted by Gasteiger charge is 2.13. The lowest BCUT2D eigenvalue weighted by Crippen LogP contribution is -2.02. The van der Waals surface area contributed by atoms with Crippen LogP contribution in [0.25, 0.3) is 16.7 Å². The molecule has 30 heavy (non-hydrogen) atoms. The Kier molecular flexibility index (Phi) is 6.16. The zero-order valence-corrected chi connectivity index (χ0v) is 19.8. The topological polar surface area (TPSA) is 48.0 Å². The highest BCUT2D eigenvalue weighted by Crippen LogP contribution is 2.32. The van der Waals surface area contributed by atoms with E-state index in [0.29, 0.717) is 26.2 Å². The standard InChI is InChI=1S/C22H19ClN2O2S3/c1-12(2)17-10-18-14(9-20(26)27-19(18)8-13(17)3)11-29-21-24-25(22(28)30-21)16-6-4-15(23)5-7-16/h4-10,12H,11H2,1-3H3. The van der Waals surface area contributed by atoms with Crippen LogP contribution in [0, 0.1) is 10.9 Å². The van der Waals surface area contributed by atoms with Crippen molar-refractivity contribution < 1.29 is 4.42 Å². The SMILES string of the molecule is Cc1cc2oc(=O)cc(CSc3nn(-c4ccc(Cl)cc4)c(=S)s3)c2cc1C(C)C. The molecule has 0 saturated heterocycles. The zero-order chi connectivity index (χ0) is 21.4. The van der Waals surface area contributed by atoms with Crippen molar-refractivity contribution in [3.63, 3.8) is 0 Å². The average molecular weight is 475 g/mol. The number of thioether (sulfide) groups is 1. The summed E-state index contributed by atoms with van der Waals surface area (Å²) in [4.78, 5) is 12.1. The highest BCUT2D eigenvalue weighted by atomic mass is 35.5. The van der Waals surface area contributed by atoms with E-state index in [1.165, 1.54) is 16.9 Å². The van der Waals surface area contributed by atoms with Crippen LogP contribution in [-0.4, -0.2) is 9.78 Å². The molecule has 0 spiro atoms. The summed E-state index contributed by atoms with van der Waals surface area (Å²) in [6.07, 6.45) is 0. The fourth-order valence-electron chi connectivity index (χ4n) is 3.34. The highest BCUT2D eigenvalue weighted by molar-refractivity contribution is 8.00. The molecule has 2 aromatic heterocycles.